The molecule has 2 aliphatic rings. The molecule has 1 amide bonds. The molecule has 2 N–H and O–H groups in total. The minimum Gasteiger partial charge on any atom is -0.340 e. The number of hydrogen-bond donors (Lipinski definition) is 2. The Morgan fingerprint density at radius 1 is 1.03 bits per heavy atom. The number of benzene rings is 2. The number of carbonyl (C=O) groups excluding carboxylic acids is 1. The van der Waals surface area contributed by atoms with Gasteiger partial charge < -0.3 is 10.2 Å². The lowest BCUT2D eigenvalue weighted by molar-refractivity contribution is -0.119. The summed E-state index contributed by atoms with van der Waals surface area (Å²) in [6.07, 6.45) is 9.34. The molecule has 35 heavy (non-hydrogen) atoms. The summed E-state index contributed by atoms with van der Waals surface area (Å²) in [6.45, 7) is 4.05. The van der Waals surface area contributed by atoms with Crippen LogP contribution in [0.25, 0.3) is 10.9 Å². The molecule has 0 unspecified atom stereocenters. The first-order valence-corrected chi connectivity index (χ1v) is 12.3. The molecule has 8 nitrogen and oxygen atoms in total. The van der Waals surface area contributed by atoms with Crippen molar-refractivity contribution in [3.63, 3.8) is 0 Å². The van der Waals surface area contributed by atoms with E-state index in [1.165, 1.54) is 19.3 Å². The number of fused-ring (bicyclic) bond motifs is 2. The monoisotopic (exact) mass is 467 g/mol. The van der Waals surface area contributed by atoms with Gasteiger partial charge in [0.25, 0.3) is 5.91 Å². The number of nitrogens with zero attached hydrogens (tertiary/aromatic N) is 5. The van der Waals surface area contributed by atoms with Gasteiger partial charge in [0.1, 0.15) is 11.7 Å². The fourth-order valence-electron chi connectivity index (χ4n) is 5.34. The van der Waals surface area contributed by atoms with E-state index >= 15 is 0 Å². The van der Waals surface area contributed by atoms with Gasteiger partial charge in [-0.3, -0.25) is 14.8 Å². The molecule has 1 aliphatic carbocycles. The second-order valence-electron chi connectivity index (χ2n) is 9.58. The van der Waals surface area contributed by atoms with E-state index in [-0.39, 0.29) is 11.9 Å². The van der Waals surface area contributed by atoms with Crippen LogP contribution in [0.4, 0.5) is 28.8 Å². The summed E-state index contributed by atoms with van der Waals surface area (Å²) in [6, 6.07) is 14.0. The summed E-state index contributed by atoms with van der Waals surface area (Å²) in [4.78, 5) is 27.3. The number of aromatic nitrogens is 4. The summed E-state index contributed by atoms with van der Waals surface area (Å²) in [5, 5.41) is 11.4. The quantitative estimate of drug-likeness (QED) is 0.405. The highest BCUT2D eigenvalue weighted by molar-refractivity contribution is 6.09. The van der Waals surface area contributed by atoms with Gasteiger partial charge in [-0.15, -0.1) is 0 Å². The highest BCUT2D eigenvalue weighted by Crippen LogP contribution is 2.42. The Labute approximate surface area is 204 Å². The number of aryl methyl sites for hydroxylation is 1. The van der Waals surface area contributed by atoms with Crippen molar-refractivity contribution in [1.29, 1.82) is 0 Å². The summed E-state index contributed by atoms with van der Waals surface area (Å²) in [5.41, 5.74) is 4.59. The maximum atomic E-state index is 13.7. The van der Waals surface area contributed by atoms with Gasteiger partial charge in [0.15, 0.2) is 5.82 Å². The molecule has 2 aromatic heterocycles. The van der Waals surface area contributed by atoms with Gasteiger partial charge in [0, 0.05) is 22.8 Å². The predicted octanol–water partition coefficient (Wildman–Crippen LogP) is 5.61. The van der Waals surface area contributed by atoms with E-state index in [1.807, 2.05) is 56.3 Å². The van der Waals surface area contributed by atoms with Crippen LogP contribution in [0.15, 0.2) is 54.9 Å². The van der Waals surface area contributed by atoms with Crippen molar-refractivity contribution >= 4 is 45.6 Å². The van der Waals surface area contributed by atoms with Crippen molar-refractivity contribution in [3.05, 3.63) is 60.4 Å². The zero-order valence-electron chi connectivity index (χ0n) is 20.0. The van der Waals surface area contributed by atoms with E-state index in [2.05, 4.69) is 25.4 Å². The van der Waals surface area contributed by atoms with Gasteiger partial charge in [0.05, 0.1) is 17.9 Å². The van der Waals surface area contributed by atoms with Crippen LogP contribution in [0.2, 0.25) is 0 Å². The van der Waals surface area contributed by atoms with Crippen molar-refractivity contribution in [1.82, 2.24) is 20.2 Å². The van der Waals surface area contributed by atoms with Gasteiger partial charge in [-0.05, 0) is 57.0 Å². The van der Waals surface area contributed by atoms with Gasteiger partial charge in [-0.1, -0.05) is 37.0 Å². The molecule has 178 valence electrons. The normalized spacial score (nSPS) is 18.7. The third kappa shape index (κ3) is 3.88. The molecule has 3 heterocycles. The first-order valence-electron chi connectivity index (χ1n) is 12.3. The van der Waals surface area contributed by atoms with Crippen molar-refractivity contribution in [3.8, 4) is 0 Å². The Hall–Kier alpha value is -3.94. The maximum absolute atomic E-state index is 13.7. The van der Waals surface area contributed by atoms with Crippen molar-refractivity contribution in [2.24, 2.45) is 0 Å². The molecule has 1 aliphatic heterocycles. The molecular weight excluding hydrogens is 438 g/mol. The van der Waals surface area contributed by atoms with Crippen molar-refractivity contribution in [2.75, 3.05) is 15.1 Å². The zero-order chi connectivity index (χ0) is 23.9. The first-order chi connectivity index (χ1) is 17.1. The van der Waals surface area contributed by atoms with Crippen LogP contribution in [0.1, 0.15) is 44.6 Å². The Morgan fingerprint density at radius 3 is 2.63 bits per heavy atom. The van der Waals surface area contributed by atoms with Crippen LogP contribution >= 0.6 is 0 Å². The molecule has 0 radical (unpaired) electrons. The van der Waals surface area contributed by atoms with E-state index in [0.29, 0.717) is 12.0 Å². The fraction of sp³-hybridized carbons (Fsp3) is 0.333. The predicted molar refractivity (Wildman–Crippen MR) is 139 cm³/mol. The van der Waals surface area contributed by atoms with Crippen molar-refractivity contribution < 1.29 is 4.79 Å². The third-order valence-corrected chi connectivity index (χ3v) is 7.19. The minimum absolute atomic E-state index is 0.0571. The molecule has 2 aromatic carbocycles. The van der Waals surface area contributed by atoms with E-state index in [4.69, 9.17) is 4.98 Å². The molecule has 0 spiro atoms. The Kier molecular flexibility index (Phi) is 5.36. The lowest BCUT2D eigenvalue weighted by Gasteiger charge is -2.45. The molecular formula is C27H29N7O. The lowest BCUT2D eigenvalue weighted by Crippen LogP contribution is -2.55. The number of nitrogens with one attached hydrogen (secondary N) is 2. The summed E-state index contributed by atoms with van der Waals surface area (Å²) in [7, 11) is 0. The number of hydrogen-bond acceptors (Lipinski definition) is 6. The molecule has 1 atom stereocenters. The van der Waals surface area contributed by atoms with Crippen LogP contribution in [0, 0.1) is 6.92 Å². The van der Waals surface area contributed by atoms with E-state index in [1.54, 1.807) is 17.3 Å². The number of rotatable bonds is 4. The highest BCUT2D eigenvalue weighted by Gasteiger charge is 2.41. The van der Waals surface area contributed by atoms with Gasteiger partial charge >= 0.3 is 0 Å². The van der Waals surface area contributed by atoms with E-state index < -0.39 is 0 Å². The van der Waals surface area contributed by atoms with E-state index in [9.17, 15) is 4.79 Å². The molecule has 0 bridgehead atoms. The average molecular weight is 468 g/mol. The fourth-order valence-corrected chi connectivity index (χ4v) is 5.34. The van der Waals surface area contributed by atoms with Crippen LogP contribution in [-0.2, 0) is 4.79 Å². The zero-order valence-corrected chi connectivity index (χ0v) is 20.0. The van der Waals surface area contributed by atoms with Crippen LogP contribution in [-0.4, -0.2) is 38.2 Å². The molecule has 6 rings (SSSR count). The largest absolute Gasteiger partial charge is 0.340 e. The highest BCUT2D eigenvalue weighted by atomic mass is 16.2. The Balaban J connectivity index is 1.43. The SMILES string of the molecule is Cc1ccc(N2C(=O)[C@@H](C)N(C3CCCCC3)c3nc(Nc4ccc5[nH]ncc5c4)ncc32)cc1. The molecule has 8 heteroatoms. The van der Waals surface area contributed by atoms with Crippen LogP contribution < -0.4 is 15.1 Å². The number of H-pyrrole nitrogens is 1. The second-order valence-corrected chi connectivity index (χ2v) is 9.58. The van der Waals surface area contributed by atoms with Gasteiger partial charge in [-0.25, -0.2) is 4.98 Å². The van der Waals surface area contributed by atoms with Crippen LogP contribution in [0.3, 0.4) is 0 Å². The molecule has 1 fully saturated rings. The Bertz CT molecular complexity index is 1370. The summed E-state index contributed by atoms with van der Waals surface area (Å²) < 4.78 is 0. The second kappa shape index (κ2) is 8.69. The smallest absolute Gasteiger partial charge is 0.254 e. The van der Waals surface area contributed by atoms with E-state index in [0.717, 1.165) is 52.2 Å². The third-order valence-electron chi connectivity index (χ3n) is 7.19. The molecule has 1 saturated carbocycles. The minimum atomic E-state index is -0.308. The number of aromatic amines is 1. The van der Waals surface area contributed by atoms with Crippen LogP contribution in [0.5, 0.6) is 0 Å². The van der Waals surface area contributed by atoms with Gasteiger partial charge in [-0.2, -0.15) is 10.1 Å². The first kappa shape index (κ1) is 21.6. The number of amides is 1. The van der Waals surface area contributed by atoms with Gasteiger partial charge in [0.2, 0.25) is 5.95 Å². The lowest BCUT2D eigenvalue weighted by atomic mass is 9.92. The maximum Gasteiger partial charge on any atom is 0.254 e. The molecule has 4 aromatic rings. The van der Waals surface area contributed by atoms with Crippen molar-refractivity contribution in [2.45, 2.75) is 58.0 Å². The topological polar surface area (TPSA) is 90.0 Å². The molecule has 0 saturated heterocycles. The standard InChI is InChI=1S/C27H29N7O/c1-17-8-11-22(12-9-17)34-24-16-28-27(30-20-10-13-23-19(14-20)15-29-32-23)31-25(24)33(18(2)26(34)35)21-6-4-3-5-7-21/h8-16,18,21H,3-7H2,1-2H3,(H,29,32)(H,28,30,31)/t18-/m1/s1. The average Bonchev–Trinajstić information content (AvgIpc) is 3.34. The summed E-state index contributed by atoms with van der Waals surface area (Å²) >= 11 is 0. The number of carbonyl (C=O) groups is 1. The Morgan fingerprint density at radius 2 is 1.83 bits per heavy atom. The number of anilines is 5. The summed E-state index contributed by atoms with van der Waals surface area (Å²) in [5.74, 6) is 1.38.